The van der Waals surface area contributed by atoms with E-state index in [0.29, 0.717) is 37.2 Å². The topological polar surface area (TPSA) is 237 Å². The van der Waals surface area contributed by atoms with Crippen LogP contribution in [0.25, 0.3) is 0 Å². The molecule has 1 spiro atoms. The summed E-state index contributed by atoms with van der Waals surface area (Å²) in [6.45, 7) is 8.60. The Bertz CT molecular complexity index is 1330. The van der Waals surface area contributed by atoms with E-state index in [1.165, 1.54) is 0 Å². The Kier molecular flexibility index (Phi) is 10.9. The summed E-state index contributed by atoms with van der Waals surface area (Å²) in [5, 5.41) is 95.7. The van der Waals surface area contributed by atoms with Gasteiger partial charge in [0.25, 0.3) is 0 Å². The molecule has 4 saturated heterocycles. The fourth-order valence-corrected chi connectivity index (χ4v) is 13.3. The summed E-state index contributed by atoms with van der Waals surface area (Å²) in [7, 11) is 0. The van der Waals surface area contributed by atoms with Crippen LogP contribution in [0.2, 0.25) is 0 Å². The lowest BCUT2D eigenvalue weighted by Gasteiger charge is -2.63. The van der Waals surface area contributed by atoms with Crippen molar-refractivity contribution in [1.29, 1.82) is 0 Å². The highest BCUT2D eigenvalue weighted by Crippen LogP contribution is 2.71. The van der Waals surface area contributed by atoms with E-state index in [1.54, 1.807) is 0 Å². The van der Waals surface area contributed by atoms with Gasteiger partial charge in [0, 0.05) is 12.3 Å². The monoisotopic (exact) mass is 772 g/mol. The number of aliphatic hydroxyl groups excluding tert-OH is 9. The van der Waals surface area contributed by atoms with E-state index in [2.05, 4.69) is 27.7 Å². The first-order chi connectivity index (χ1) is 25.6. The second kappa shape index (κ2) is 14.6. The molecule has 0 radical (unpaired) electrons. The molecule has 15 heteroatoms. The maximum absolute atomic E-state index is 12.1. The van der Waals surface area contributed by atoms with Crippen molar-refractivity contribution in [1.82, 2.24) is 0 Å². The summed E-state index contributed by atoms with van der Waals surface area (Å²) in [6.07, 6.45) is -11.5. The Balaban J connectivity index is 1.07. The molecule has 0 bridgehead atoms. The third kappa shape index (κ3) is 6.18. The lowest BCUT2D eigenvalue weighted by atomic mass is 9.43. The maximum Gasteiger partial charge on any atom is 0.187 e. The fraction of sp³-hybridized carbons (Fsp3) is 1.00. The highest BCUT2D eigenvalue weighted by molar-refractivity contribution is 5.17. The van der Waals surface area contributed by atoms with Gasteiger partial charge in [0.1, 0.15) is 48.8 Å². The fourth-order valence-electron chi connectivity index (χ4n) is 13.3. The van der Waals surface area contributed by atoms with Crippen molar-refractivity contribution in [2.24, 2.45) is 52.3 Å². The number of rotatable bonds is 6. The first-order valence-electron chi connectivity index (χ1n) is 20.5. The summed E-state index contributed by atoms with van der Waals surface area (Å²) < 4.78 is 37.8. The van der Waals surface area contributed by atoms with Crippen LogP contribution in [0.1, 0.15) is 79.1 Å². The Morgan fingerprint density at radius 1 is 0.648 bits per heavy atom. The van der Waals surface area contributed by atoms with Crippen LogP contribution in [0.15, 0.2) is 0 Å². The third-order valence-corrected chi connectivity index (χ3v) is 16.2. The van der Waals surface area contributed by atoms with Gasteiger partial charge in [0.2, 0.25) is 0 Å². The summed E-state index contributed by atoms with van der Waals surface area (Å²) in [5.41, 5.74) is -0.467. The molecule has 0 aromatic carbocycles. The molecule has 0 unspecified atom stereocenters. The second-order valence-electron chi connectivity index (χ2n) is 19.0. The molecule has 15 nitrogen and oxygen atoms in total. The van der Waals surface area contributed by atoms with Crippen LogP contribution in [0.4, 0.5) is 0 Å². The first-order valence-corrected chi connectivity index (χ1v) is 20.5. The first kappa shape index (κ1) is 40.2. The van der Waals surface area contributed by atoms with Crippen LogP contribution < -0.4 is 0 Å². The molecule has 8 rings (SSSR count). The van der Waals surface area contributed by atoms with Crippen LogP contribution in [-0.2, 0) is 28.4 Å². The maximum atomic E-state index is 12.1. The van der Waals surface area contributed by atoms with Gasteiger partial charge in [-0.15, -0.1) is 0 Å². The van der Waals surface area contributed by atoms with Crippen LogP contribution in [0.5, 0.6) is 0 Å². The van der Waals surface area contributed by atoms with Gasteiger partial charge < -0.3 is 74.4 Å². The van der Waals surface area contributed by atoms with Gasteiger partial charge in [-0.2, -0.15) is 0 Å². The molecule has 4 aliphatic carbocycles. The number of ether oxygens (including phenoxy) is 6. The molecule has 8 aliphatic rings. The molecule has 0 aromatic heterocycles. The third-order valence-electron chi connectivity index (χ3n) is 16.2. The average Bonchev–Trinajstić information content (AvgIpc) is 3.59. The van der Waals surface area contributed by atoms with Crippen molar-refractivity contribution in [3.63, 3.8) is 0 Å². The minimum atomic E-state index is -1.67. The number of hydrogen-bond acceptors (Lipinski definition) is 15. The molecule has 4 heterocycles. The molecule has 310 valence electrons. The molecule has 0 aromatic rings. The van der Waals surface area contributed by atoms with E-state index in [4.69, 9.17) is 28.4 Å². The molecule has 8 fully saturated rings. The predicted molar refractivity (Wildman–Crippen MR) is 186 cm³/mol. The van der Waals surface area contributed by atoms with Gasteiger partial charge >= 0.3 is 0 Å². The smallest absolute Gasteiger partial charge is 0.187 e. The lowest BCUT2D eigenvalue weighted by molar-refractivity contribution is -0.353. The Morgan fingerprint density at radius 3 is 1.83 bits per heavy atom. The normalized spacial score (nSPS) is 60.1. The molecular formula is C39H64O15. The SMILES string of the molecule is C[C@H]1CC[C@@]2(OC1)O[C@H]1C[C@H]3[C@@H]4C[C@@H](O)[C@H]5C[C@@H](O[C@@H]6O[C@H](CO)[C@H](O)[C@H](O)[C@H]6O)[C@H](O[C@@H]6O[C@H](CO)[C@@H](O)[C@H](O)[C@H]6O)C[C@]5(C)[C@H]4CC[C@]3(C)[C@H]1[C@@H]2C. The molecule has 9 N–H and O–H groups in total. The van der Waals surface area contributed by atoms with E-state index < -0.39 is 104 Å². The van der Waals surface area contributed by atoms with E-state index in [0.717, 1.165) is 32.1 Å². The Labute approximate surface area is 316 Å². The van der Waals surface area contributed by atoms with Crippen molar-refractivity contribution in [2.75, 3.05) is 19.8 Å². The van der Waals surface area contributed by atoms with E-state index >= 15 is 0 Å². The highest BCUT2D eigenvalue weighted by atomic mass is 16.7. The zero-order chi connectivity index (χ0) is 38.6. The minimum absolute atomic E-state index is 0.0136. The molecule has 0 amide bonds. The van der Waals surface area contributed by atoms with Crippen molar-refractivity contribution in [3.8, 4) is 0 Å². The second-order valence-corrected chi connectivity index (χ2v) is 19.0. The summed E-state index contributed by atoms with van der Waals surface area (Å²) in [4.78, 5) is 0. The summed E-state index contributed by atoms with van der Waals surface area (Å²) in [6, 6.07) is 0. The zero-order valence-corrected chi connectivity index (χ0v) is 31.9. The molecule has 24 atom stereocenters. The Morgan fingerprint density at radius 2 is 1.26 bits per heavy atom. The van der Waals surface area contributed by atoms with Gasteiger partial charge in [-0.25, -0.2) is 0 Å². The van der Waals surface area contributed by atoms with E-state index in [1.807, 2.05) is 0 Å². The predicted octanol–water partition coefficient (Wildman–Crippen LogP) is -0.616. The van der Waals surface area contributed by atoms with Crippen molar-refractivity contribution >= 4 is 0 Å². The van der Waals surface area contributed by atoms with Crippen molar-refractivity contribution in [3.05, 3.63) is 0 Å². The van der Waals surface area contributed by atoms with Crippen LogP contribution in [0, 0.1) is 52.3 Å². The van der Waals surface area contributed by atoms with E-state index in [-0.39, 0.29) is 41.6 Å². The standard InChI is InChI=1S/C39H64O15/c1-16-5-8-39(49-15-16)17(2)28-24(54-39)10-20-18-9-22(42)21-11-23(50-35-33(47)31(45)29(43)26(13-40)52-35)25(12-38(21,4)19(18)6-7-37(20,28)3)51-36-34(48)32(46)30(44)27(14-41)53-36/h16-36,40-48H,5-15H2,1-4H3/t16-,17-,18+,19-,20-,21+,22+,23+,24-,25+,26+,27+,28-,29-,30+,31-,32-,33+,34+,35+,36+,37-,38+,39+/m0/s1. The molecule has 54 heavy (non-hydrogen) atoms. The van der Waals surface area contributed by atoms with E-state index in [9.17, 15) is 46.0 Å². The molecular weight excluding hydrogens is 708 g/mol. The summed E-state index contributed by atoms with van der Waals surface area (Å²) in [5.74, 6) is 1.08. The van der Waals surface area contributed by atoms with Crippen molar-refractivity contribution < 1.29 is 74.4 Å². The van der Waals surface area contributed by atoms with Gasteiger partial charge in [0.15, 0.2) is 18.4 Å². The van der Waals surface area contributed by atoms with Crippen LogP contribution >= 0.6 is 0 Å². The van der Waals surface area contributed by atoms with Crippen LogP contribution in [0.3, 0.4) is 0 Å². The number of fused-ring (bicyclic) bond motifs is 7. The highest BCUT2D eigenvalue weighted by Gasteiger charge is 2.70. The Hall–Kier alpha value is -0.600. The van der Waals surface area contributed by atoms with Crippen molar-refractivity contribution in [2.45, 2.75) is 171 Å². The zero-order valence-electron chi connectivity index (χ0n) is 31.9. The van der Waals surface area contributed by atoms with Gasteiger partial charge in [-0.1, -0.05) is 27.7 Å². The lowest BCUT2D eigenvalue weighted by Crippen LogP contribution is -2.65. The minimum Gasteiger partial charge on any atom is -0.394 e. The van der Waals surface area contributed by atoms with Crippen LogP contribution in [-0.4, -0.2) is 157 Å². The molecule has 4 aliphatic heterocycles. The summed E-state index contributed by atoms with van der Waals surface area (Å²) >= 11 is 0. The molecule has 4 saturated carbocycles. The van der Waals surface area contributed by atoms with Gasteiger partial charge in [-0.3, -0.25) is 0 Å². The number of aliphatic hydroxyl groups is 9. The quantitative estimate of drug-likeness (QED) is 0.153. The number of hydrogen-bond donors (Lipinski definition) is 9. The van der Waals surface area contributed by atoms with Gasteiger partial charge in [0.05, 0.1) is 44.2 Å². The average molecular weight is 773 g/mol. The van der Waals surface area contributed by atoms with Gasteiger partial charge in [-0.05, 0) is 91.3 Å². The largest absolute Gasteiger partial charge is 0.394 e.